The average Bonchev–Trinajstić information content (AvgIpc) is 2.89. The van der Waals surface area contributed by atoms with Crippen LogP contribution in [0.25, 0.3) is 0 Å². The topological polar surface area (TPSA) is 42.0 Å². The number of nitrogens with zero attached hydrogens (tertiary/aromatic N) is 2. The van der Waals surface area contributed by atoms with Gasteiger partial charge in [0.25, 0.3) is 0 Å². The second kappa shape index (κ2) is 8.91. The van der Waals surface area contributed by atoms with E-state index in [-0.39, 0.29) is 17.6 Å². The third-order valence-electron chi connectivity index (χ3n) is 6.88. The number of aryl methyl sites for hydroxylation is 1. The minimum absolute atomic E-state index is 0.147. The summed E-state index contributed by atoms with van der Waals surface area (Å²) < 4.78 is 12.1. The number of ether oxygens (including phenoxy) is 2. The summed E-state index contributed by atoms with van der Waals surface area (Å²) in [6.45, 7) is 3.88. The number of likely N-dealkylation sites (N-methyl/N-ethyl adjacent to an activating group) is 2. The summed E-state index contributed by atoms with van der Waals surface area (Å²) in [6, 6.07) is 14.6. The zero-order valence-corrected chi connectivity index (χ0v) is 19.2. The Morgan fingerprint density at radius 2 is 1.97 bits per heavy atom. The molecular weight excluding hydrogens is 388 g/mol. The lowest BCUT2D eigenvalue weighted by Gasteiger charge is -2.43. The van der Waals surface area contributed by atoms with Gasteiger partial charge in [0.1, 0.15) is 17.1 Å². The van der Waals surface area contributed by atoms with Crippen molar-refractivity contribution < 1.29 is 14.3 Å². The molecule has 166 valence electrons. The first kappa shape index (κ1) is 21.7. The number of hydrogen-bond donors (Lipinski definition) is 0. The van der Waals surface area contributed by atoms with Crippen molar-refractivity contribution >= 4 is 5.91 Å². The fourth-order valence-electron chi connectivity index (χ4n) is 5.15. The monoisotopic (exact) mass is 422 g/mol. The Kier molecular flexibility index (Phi) is 6.24. The molecule has 5 nitrogen and oxygen atoms in total. The van der Waals surface area contributed by atoms with E-state index < -0.39 is 0 Å². The molecule has 2 aromatic carbocycles. The summed E-state index contributed by atoms with van der Waals surface area (Å²) >= 11 is 0. The molecule has 1 fully saturated rings. The maximum absolute atomic E-state index is 13.1. The first-order chi connectivity index (χ1) is 14.9. The minimum atomic E-state index is -0.165. The van der Waals surface area contributed by atoms with Gasteiger partial charge in [-0.15, -0.1) is 0 Å². The number of benzene rings is 2. The van der Waals surface area contributed by atoms with Crippen LogP contribution in [0.1, 0.15) is 42.4 Å². The van der Waals surface area contributed by atoms with Crippen LogP contribution >= 0.6 is 0 Å². The van der Waals surface area contributed by atoms with E-state index in [1.165, 1.54) is 5.56 Å². The second-order valence-electron chi connectivity index (χ2n) is 9.29. The molecule has 31 heavy (non-hydrogen) atoms. The fourth-order valence-corrected chi connectivity index (χ4v) is 5.15. The molecule has 1 amide bonds. The van der Waals surface area contributed by atoms with E-state index >= 15 is 0 Å². The minimum Gasteiger partial charge on any atom is -0.496 e. The van der Waals surface area contributed by atoms with E-state index in [1.807, 2.05) is 37.1 Å². The van der Waals surface area contributed by atoms with Gasteiger partial charge in [-0.1, -0.05) is 35.9 Å². The molecule has 0 saturated heterocycles. The van der Waals surface area contributed by atoms with Crippen molar-refractivity contribution in [1.82, 2.24) is 9.80 Å². The lowest BCUT2D eigenvalue weighted by Crippen LogP contribution is -2.51. The van der Waals surface area contributed by atoms with Gasteiger partial charge in [-0.05, 0) is 51.8 Å². The highest BCUT2D eigenvalue weighted by molar-refractivity contribution is 5.79. The summed E-state index contributed by atoms with van der Waals surface area (Å²) in [4.78, 5) is 17.4. The Hall–Kier alpha value is -2.53. The third kappa shape index (κ3) is 4.72. The van der Waals surface area contributed by atoms with E-state index in [1.54, 1.807) is 7.11 Å². The van der Waals surface area contributed by atoms with Gasteiger partial charge in [0.15, 0.2) is 0 Å². The number of hydrogen-bond acceptors (Lipinski definition) is 4. The molecular formula is C26H34N2O3. The van der Waals surface area contributed by atoms with Gasteiger partial charge in [0.05, 0.1) is 13.5 Å². The number of carbonyl (C=O) groups excluding carboxylic acids is 1. The SMILES string of the molecule is COc1ccc(C)cc1CC(=O)N(C)C1CCC2(CC1)CN(C)Cc1ccccc1O2. The van der Waals surface area contributed by atoms with Crippen LogP contribution in [0, 0.1) is 6.92 Å². The number of fused-ring (bicyclic) bond motifs is 1. The van der Waals surface area contributed by atoms with Gasteiger partial charge in [-0.25, -0.2) is 0 Å². The third-order valence-corrected chi connectivity index (χ3v) is 6.88. The molecule has 2 aromatic rings. The van der Waals surface area contributed by atoms with Crippen molar-refractivity contribution in [2.45, 2.75) is 57.2 Å². The van der Waals surface area contributed by atoms with Crippen molar-refractivity contribution in [2.24, 2.45) is 0 Å². The largest absolute Gasteiger partial charge is 0.496 e. The number of para-hydroxylation sites is 1. The number of carbonyl (C=O) groups is 1. The molecule has 1 spiro atoms. The summed E-state index contributed by atoms with van der Waals surface area (Å²) in [5.41, 5.74) is 3.18. The quantitative estimate of drug-likeness (QED) is 0.740. The molecule has 0 bridgehead atoms. The lowest BCUT2D eigenvalue weighted by molar-refractivity contribution is -0.133. The Morgan fingerprint density at radius 3 is 2.71 bits per heavy atom. The van der Waals surface area contributed by atoms with Crippen LogP contribution in [0.4, 0.5) is 0 Å². The summed E-state index contributed by atoms with van der Waals surface area (Å²) in [5.74, 6) is 1.94. The Balaban J connectivity index is 1.41. The van der Waals surface area contributed by atoms with E-state index in [0.717, 1.165) is 61.4 Å². The van der Waals surface area contributed by atoms with E-state index in [2.05, 4.69) is 36.2 Å². The predicted octanol–water partition coefficient (Wildman–Crippen LogP) is 4.21. The van der Waals surface area contributed by atoms with E-state index in [4.69, 9.17) is 9.47 Å². The predicted molar refractivity (Wildman–Crippen MR) is 123 cm³/mol. The van der Waals surface area contributed by atoms with Crippen molar-refractivity contribution in [3.8, 4) is 11.5 Å². The first-order valence-corrected chi connectivity index (χ1v) is 11.2. The van der Waals surface area contributed by atoms with Crippen LogP contribution in [0.15, 0.2) is 42.5 Å². The Morgan fingerprint density at radius 1 is 1.23 bits per heavy atom. The molecule has 4 rings (SSSR count). The van der Waals surface area contributed by atoms with Crippen LogP contribution in [0.2, 0.25) is 0 Å². The Labute approximate surface area is 185 Å². The van der Waals surface area contributed by atoms with Crippen molar-refractivity contribution in [3.05, 3.63) is 59.2 Å². The van der Waals surface area contributed by atoms with Crippen LogP contribution in [0.5, 0.6) is 11.5 Å². The molecule has 1 aliphatic carbocycles. The normalized spacial score (nSPS) is 23.5. The molecule has 2 aliphatic rings. The van der Waals surface area contributed by atoms with Crippen molar-refractivity contribution in [2.75, 3.05) is 27.7 Å². The summed E-state index contributed by atoms with van der Waals surface area (Å²) in [6.07, 6.45) is 4.21. The lowest BCUT2D eigenvalue weighted by atomic mass is 9.81. The highest BCUT2D eigenvalue weighted by Gasteiger charge is 2.41. The van der Waals surface area contributed by atoms with E-state index in [0.29, 0.717) is 6.42 Å². The zero-order valence-electron chi connectivity index (χ0n) is 19.2. The number of rotatable bonds is 4. The van der Waals surface area contributed by atoms with Crippen LogP contribution in [0.3, 0.4) is 0 Å². The van der Waals surface area contributed by atoms with Crippen LogP contribution in [-0.2, 0) is 17.8 Å². The van der Waals surface area contributed by atoms with Crippen LogP contribution < -0.4 is 9.47 Å². The highest BCUT2D eigenvalue weighted by atomic mass is 16.5. The van der Waals surface area contributed by atoms with Gasteiger partial charge in [-0.2, -0.15) is 0 Å². The van der Waals surface area contributed by atoms with Crippen molar-refractivity contribution in [1.29, 1.82) is 0 Å². The molecule has 1 saturated carbocycles. The summed E-state index contributed by atoms with van der Waals surface area (Å²) in [5, 5.41) is 0. The molecule has 0 radical (unpaired) electrons. The maximum atomic E-state index is 13.1. The van der Waals surface area contributed by atoms with Gasteiger partial charge < -0.3 is 14.4 Å². The fraction of sp³-hybridized carbons (Fsp3) is 0.500. The van der Waals surface area contributed by atoms with Crippen molar-refractivity contribution in [3.63, 3.8) is 0 Å². The first-order valence-electron chi connectivity index (χ1n) is 11.2. The maximum Gasteiger partial charge on any atom is 0.227 e. The van der Waals surface area contributed by atoms with Gasteiger partial charge in [0, 0.05) is 37.3 Å². The molecule has 1 heterocycles. The van der Waals surface area contributed by atoms with Gasteiger partial charge >= 0.3 is 0 Å². The smallest absolute Gasteiger partial charge is 0.227 e. The van der Waals surface area contributed by atoms with Gasteiger partial charge in [-0.3, -0.25) is 9.69 Å². The molecule has 0 unspecified atom stereocenters. The number of amides is 1. The average molecular weight is 423 g/mol. The molecule has 0 N–H and O–H groups in total. The highest BCUT2D eigenvalue weighted by Crippen LogP contribution is 2.39. The Bertz CT molecular complexity index is 934. The van der Waals surface area contributed by atoms with Gasteiger partial charge in [0.2, 0.25) is 5.91 Å². The van der Waals surface area contributed by atoms with Crippen LogP contribution in [-0.4, -0.2) is 55.1 Å². The van der Waals surface area contributed by atoms with E-state index in [9.17, 15) is 4.79 Å². The molecule has 0 aromatic heterocycles. The zero-order chi connectivity index (χ0) is 22.0. The second-order valence-corrected chi connectivity index (χ2v) is 9.29. The number of methoxy groups -OCH3 is 1. The standard InChI is InChI=1S/C26H34N2O3/c1-19-9-10-23(30-4)21(15-19)16-25(29)28(3)22-11-13-26(14-12-22)18-27(2)17-20-7-5-6-8-24(20)31-26/h5-10,15,22H,11-14,16-18H2,1-4H3. The molecule has 0 atom stereocenters. The molecule has 1 aliphatic heterocycles. The summed E-state index contributed by atoms with van der Waals surface area (Å²) in [7, 11) is 5.78. The molecule has 5 heteroatoms.